The van der Waals surface area contributed by atoms with Crippen LogP contribution < -0.4 is 5.32 Å². The van der Waals surface area contributed by atoms with Crippen LogP contribution in [0.1, 0.15) is 18.4 Å². The average Bonchev–Trinajstić information content (AvgIpc) is 2.90. The van der Waals surface area contributed by atoms with Crippen molar-refractivity contribution in [3.63, 3.8) is 0 Å². The predicted octanol–water partition coefficient (Wildman–Crippen LogP) is 1.58. The fourth-order valence-corrected chi connectivity index (χ4v) is 2.20. The van der Waals surface area contributed by atoms with Gasteiger partial charge >= 0.3 is 0 Å². The Hall–Kier alpha value is -1.42. The molecule has 1 heterocycles. The molecule has 0 spiro atoms. The van der Waals surface area contributed by atoms with Gasteiger partial charge in [0.1, 0.15) is 5.82 Å². The predicted molar refractivity (Wildman–Crippen MR) is 68.8 cm³/mol. The van der Waals surface area contributed by atoms with E-state index < -0.39 is 0 Å². The maximum Gasteiger partial charge on any atom is 0.236 e. The highest BCUT2D eigenvalue weighted by molar-refractivity contribution is 5.78. The van der Waals surface area contributed by atoms with E-state index in [0.29, 0.717) is 25.1 Å². The summed E-state index contributed by atoms with van der Waals surface area (Å²) in [4.78, 5) is 13.6. The lowest BCUT2D eigenvalue weighted by atomic mass is 10.1. The summed E-state index contributed by atoms with van der Waals surface area (Å²) in [5.41, 5.74) is 0.693. The lowest BCUT2D eigenvalue weighted by molar-refractivity contribution is -0.129. The molecule has 0 aromatic heterocycles. The number of halogens is 1. The largest absolute Gasteiger partial charge is 0.342 e. The van der Waals surface area contributed by atoms with Crippen molar-refractivity contribution in [2.24, 2.45) is 0 Å². The van der Waals surface area contributed by atoms with E-state index in [-0.39, 0.29) is 11.7 Å². The van der Waals surface area contributed by atoms with Crippen LogP contribution in [0, 0.1) is 5.82 Å². The molecule has 1 saturated heterocycles. The first kappa shape index (κ1) is 13.0. The number of likely N-dealkylation sites (tertiary alicyclic amines) is 1. The second kappa shape index (κ2) is 6.50. The summed E-state index contributed by atoms with van der Waals surface area (Å²) in [7, 11) is 0. The van der Waals surface area contributed by atoms with Crippen LogP contribution in [-0.2, 0) is 11.2 Å². The van der Waals surface area contributed by atoms with Crippen molar-refractivity contribution in [1.82, 2.24) is 10.2 Å². The van der Waals surface area contributed by atoms with E-state index in [2.05, 4.69) is 5.32 Å². The molecule has 0 aliphatic carbocycles. The van der Waals surface area contributed by atoms with Crippen LogP contribution in [0.2, 0.25) is 0 Å². The van der Waals surface area contributed by atoms with Gasteiger partial charge in [0, 0.05) is 13.1 Å². The summed E-state index contributed by atoms with van der Waals surface area (Å²) < 4.78 is 13.3. The minimum absolute atomic E-state index is 0.154. The highest BCUT2D eigenvalue weighted by atomic mass is 19.1. The minimum atomic E-state index is -0.176. The van der Waals surface area contributed by atoms with Gasteiger partial charge in [0.2, 0.25) is 5.91 Å². The molecule has 0 radical (unpaired) electrons. The smallest absolute Gasteiger partial charge is 0.236 e. The molecule has 2 rings (SSSR count). The molecular formula is C14H19FN2O. The van der Waals surface area contributed by atoms with Gasteiger partial charge in [-0.15, -0.1) is 0 Å². The Morgan fingerprint density at radius 2 is 2.00 bits per heavy atom. The Balaban J connectivity index is 1.67. The number of nitrogens with zero attached hydrogens (tertiary/aromatic N) is 1. The maximum atomic E-state index is 13.3. The zero-order chi connectivity index (χ0) is 12.8. The van der Waals surface area contributed by atoms with E-state index in [4.69, 9.17) is 0 Å². The second-order valence-corrected chi connectivity index (χ2v) is 4.61. The van der Waals surface area contributed by atoms with Crippen LogP contribution in [0.5, 0.6) is 0 Å². The van der Waals surface area contributed by atoms with Crippen LogP contribution >= 0.6 is 0 Å². The number of nitrogens with one attached hydrogen (secondary N) is 1. The summed E-state index contributed by atoms with van der Waals surface area (Å²) in [6.45, 7) is 2.75. The average molecular weight is 250 g/mol. The van der Waals surface area contributed by atoms with Gasteiger partial charge in [-0.1, -0.05) is 18.2 Å². The van der Waals surface area contributed by atoms with Gasteiger partial charge in [-0.2, -0.15) is 0 Å². The maximum absolute atomic E-state index is 13.3. The third-order valence-corrected chi connectivity index (χ3v) is 3.26. The first-order valence-corrected chi connectivity index (χ1v) is 6.49. The van der Waals surface area contributed by atoms with Gasteiger partial charge in [0.05, 0.1) is 6.54 Å². The van der Waals surface area contributed by atoms with E-state index in [1.807, 2.05) is 11.0 Å². The highest BCUT2D eigenvalue weighted by Crippen LogP contribution is 2.07. The first-order valence-electron chi connectivity index (χ1n) is 6.49. The molecule has 0 unspecified atom stereocenters. The van der Waals surface area contributed by atoms with Crippen LogP contribution in [0.4, 0.5) is 4.39 Å². The quantitative estimate of drug-likeness (QED) is 0.805. The molecule has 18 heavy (non-hydrogen) atoms. The summed E-state index contributed by atoms with van der Waals surface area (Å²) in [6, 6.07) is 6.75. The number of amides is 1. The Morgan fingerprint density at radius 3 is 2.72 bits per heavy atom. The fourth-order valence-electron chi connectivity index (χ4n) is 2.20. The Labute approximate surface area is 107 Å². The Bertz CT molecular complexity index is 403. The number of hydrogen-bond donors (Lipinski definition) is 1. The monoisotopic (exact) mass is 250 g/mol. The summed E-state index contributed by atoms with van der Waals surface area (Å²) in [6.07, 6.45) is 2.84. The van der Waals surface area contributed by atoms with Gasteiger partial charge in [-0.05, 0) is 37.4 Å². The highest BCUT2D eigenvalue weighted by Gasteiger charge is 2.16. The molecule has 1 N–H and O–H groups in total. The van der Waals surface area contributed by atoms with Crippen LogP contribution in [0.3, 0.4) is 0 Å². The molecule has 1 aromatic carbocycles. The van der Waals surface area contributed by atoms with Gasteiger partial charge < -0.3 is 10.2 Å². The number of carbonyl (C=O) groups is 1. The molecule has 0 atom stereocenters. The van der Waals surface area contributed by atoms with Crippen molar-refractivity contribution in [2.75, 3.05) is 26.2 Å². The molecule has 1 fully saturated rings. The number of rotatable bonds is 5. The van der Waals surface area contributed by atoms with Crippen molar-refractivity contribution < 1.29 is 9.18 Å². The van der Waals surface area contributed by atoms with Gasteiger partial charge in [0.15, 0.2) is 0 Å². The lowest BCUT2D eigenvalue weighted by Gasteiger charge is -2.15. The van der Waals surface area contributed by atoms with Gasteiger partial charge in [-0.25, -0.2) is 4.39 Å². The lowest BCUT2D eigenvalue weighted by Crippen LogP contribution is -2.36. The standard InChI is InChI=1S/C14H19FN2O/c15-13-6-2-1-5-12(13)7-8-16-11-14(18)17-9-3-4-10-17/h1-2,5-6,16H,3-4,7-11H2. The van der Waals surface area contributed by atoms with Crippen molar-refractivity contribution in [2.45, 2.75) is 19.3 Å². The molecule has 1 aliphatic heterocycles. The van der Waals surface area contributed by atoms with E-state index in [0.717, 1.165) is 25.9 Å². The topological polar surface area (TPSA) is 32.3 Å². The second-order valence-electron chi connectivity index (χ2n) is 4.61. The van der Waals surface area contributed by atoms with Crippen LogP contribution in [0.25, 0.3) is 0 Å². The zero-order valence-electron chi connectivity index (χ0n) is 10.5. The molecule has 1 amide bonds. The van der Waals surface area contributed by atoms with Crippen molar-refractivity contribution >= 4 is 5.91 Å². The molecule has 1 aliphatic rings. The van der Waals surface area contributed by atoms with Crippen molar-refractivity contribution in [1.29, 1.82) is 0 Å². The summed E-state index contributed by atoms with van der Waals surface area (Å²) in [5.74, 6) is -0.0220. The molecule has 0 bridgehead atoms. The third-order valence-electron chi connectivity index (χ3n) is 3.26. The van der Waals surface area contributed by atoms with Crippen LogP contribution in [0.15, 0.2) is 24.3 Å². The molecule has 1 aromatic rings. The fraction of sp³-hybridized carbons (Fsp3) is 0.500. The van der Waals surface area contributed by atoms with Crippen LogP contribution in [-0.4, -0.2) is 37.0 Å². The number of hydrogen-bond acceptors (Lipinski definition) is 2. The minimum Gasteiger partial charge on any atom is -0.342 e. The van der Waals surface area contributed by atoms with E-state index in [1.54, 1.807) is 12.1 Å². The number of carbonyl (C=O) groups excluding carboxylic acids is 1. The summed E-state index contributed by atoms with van der Waals surface area (Å²) in [5, 5.41) is 3.08. The van der Waals surface area contributed by atoms with E-state index in [9.17, 15) is 9.18 Å². The molecule has 4 heteroatoms. The van der Waals surface area contributed by atoms with Crippen molar-refractivity contribution in [3.05, 3.63) is 35.6 Å². The van der Waals surface area contributed by atoms with E-state index >= 15 is 0 Å². The molecule has 0 saturated carbocycles. The molecule has 98 valence electrons. The van der Waals surface area contributed by atoms with Gasteiger partial charge in [0.25, 0.3) is 0 Å². The Morgan fingerprint density at radius 1 is 1.28 bits per heavy atom. The third kappa shape index (κ3) is 3.53. The normalized spacial score (nSPS) is 15.1. The van der Waals surface area contributed by atoms with Crippen molar-refractivity contribution in [3.8, 4) is 0 Å². The Kier molecular flexibility index (Phi) is 4.70. The molecular weight excluding hydrogens is 231 g/mol. The zero-order valence-corrected chi connectivity index (χ0v) is 10.5. The number of benzene rings is 1. The molecule has 3 nitrogen and oxygen atoms in total. The van der Waals surface area contributed by atoms with E-state index in [1.165, 1.54) is 6.07 Å². The first-order chi connectivity index (χ1) is 8.77. The van der Waals surface area contributed by atoms with Gasteiger partial charge in [-0.3, -0.25) is 4.79 Å². The summed E-state index contributed by atoms with van der Waals surface area (Å²) >= 11 is 0. The SMILES string of the molecule is O=C(CNCCc1ccccc1F)N1CCCC1.